The molecule has 0 fully saturated rings. The van der Waals surface area contributed by atoms with E-state index in [4.69, 9.17) is 0 Å². The third-order valence-corrected chi connectivity index (χ3v) is 5.86. The third kappa shape index (κ3) is 3.19. The summed E-state index contributed by atoms with van der Waals surface area (Å²) in [6.45, 7) is 0.310. The lowest BCUT2D eigenvalue weighted by molar-refractivity contribution is -0.116. The first-order valence-corrected chi connectivity index (χ1v) is 10.5. The summed E-state index contributed by atoms with van der Waals surface area (Å²) >= 11 is 0. The van der Waals surface area contributed by atoms with Gasteiger partial charge in [0.1, 0.15) is 11.9 Å². The number of anilines is 2. The number of benzene rings is 3. The number of nitrogens with zero attached hydrogens (tertiary/aromatic N) is 2. The molecule has 0 saturated carbocycles. The molecular weight excluding hydrogens is 406 g/mol. The summed E-state index contributed by atoms with van der Waals surface area (Å²) in [5.41, 5.74) is 2.81. The molecule has 3 amide bonds. The highest BCUT2D eigenvalue weighted by atomic mass is 16.3. The summed E-state index contributed by atoms with van der Waals surface area (Å²) in [5.74, 6) is -0.545. The SMILES string of the molecule is O=C(CCCN1C(=O)c2ccccc2N2C(=O)c3ccccc3[C@H]12)Nc1ccccc1O. The Morgan fingerprint density at radius 1 is 0.875 bits per heavy atom. The van der Waals surface area contributed by atoms with Gasteiger partial charge in [0.25, 0.3) is 11.8 Å². The Labute approximate surface area is 184 Å². The van der Waals surface area contributed by atoms with Crippen LogP contribution in [0, 0.1) is 0 Å². The minimum Gasteiger partial charge on any atom is -0.506 e. The summed E-state index contributed by atoms with van der Waals surface area (Å²) in [4.78, 5) is 42.2. The zero-order valence-electron chi connectivity index (χ0n) is 17.2. The number of para-hydroxylation sites is 3. The number of carbonyl (C=O) groups is 3. The number of aromatic hydroxyl groups is 1. The van der Waals surface area contributed by atoms with Gasteiger partial charge in [-0.3, -0.25) is 19.3 Å². The molecular formula is C25H21N3O4. The van der Waals surface area contributed by atoms with Crippen LogP contribution in [0.5, 0.6) is 5.75 Å². The van der Waals surface area contributed by atoms with Crippen molar-refractivity contribution < 1.29 is 19.5 Å². The maximum Gasteiger partial charge on any atom is 0.260 e. The number of phenolic OH excluding ortho intramolecular Hbond substituents is 1. The number of rotatable bonds is 5. The van der Waals surface area contributed by atoms with E-state index in [1.54, 1.807) is 52.3 Å². The molecule has 2 aliphatic rings. The number of hydrogen-bond donors (Lipinski definition) is 2. The van der Waals surface area contributed by atoms with Gasteiger partial charge in [-0.1, -0.05) is 42.5 Å². The van der Waals surface area contributed by atoms with Crippen molar-refractivity contribution in [3.63, 3.8) is 0 Å². The number of nitrogens with one attached hydrogen (secondary N) is 1. The molecule has 3 aromatic carbocycles. The molecule has 2 N–H and O–H groups in total. The molecule has 7 heteroatoms. The molecule has 0 saturated heterocycles. The van der Waals surface area contributed by atoms with Gasteiger partial charge in [-0.05, 0) is 36.8 Å². The molecule has 160 valence electrons. The summed E-state index contributed by atoms with van der Waals surface area (Å²) in [6, 6.07) is 21.0. The van der Waals surface area contributed by atoms with Crippen molar-refractivity contribution in [2.45, 2.75) is 19.0 Å². The van der Waals surface area contributed by atoms with Crippen molar-refractivity contribution in [1.82, 2.24) is 4.90 Å². The third-order valence-electron chi connectivity index (χ3n) is 5.86. The molecule has 0 aromatic heterocycles. The topological polar surface area (TPSA) is 90.0 Å². The fourth-order valence-electron chi connectivity index (χ4n) is 4.40. The van der Waals surface area contributed by atoms with Crippen molar-refractivity contribution >= 4 is 29.1 Å². The fourth-order valence-corrected chi connectivity index (χ4v) is 4.40. The molecule has 0 aliphatic carbocycles. The Hall–Kier alpha value is -4.13. The highest BCUT2D eigenvalue weighted by molar-refractivity contribution is 6.16. The molecule has 32 heavy (non-hydrogen) atoms. The molecule has 3 aromatic rings. The first-order valence-electron chi connectivity index (χ1n) is 10.5. The normalized spacial score (nSPS) is 16.4. The lowest BCUT2D eigenvalue weighted by atomic mass is 10.0. The van der Waals surface area contributed by atoms with Gasteiger partial charge in [0.2, 0.25) is 5.91 Å². The second-order valence-electron chi connectivity index (χ2n) is 7.82. The van der Waals surface area contributed by atoms with E-state index in [0.717, 1.165) is 5.56 Å². The van der Waals surface area contributed by atoms with Crippen LogP contribution >= 0.6 is 0 Å². The van der Waals surface area contributed by atoms with Gasteiger partial charge >= 0.3 is 0 Å². The van der Waals surface area contributed by atoms with Crippen LogP contribution in [-0.4, -0.2) is 34.3 Å². The molecule has 0 unspecified atom stereocenters. The summed E-state index contributed by atoms with van der Waals surface area (Å²) in [6.07, 6.45) is 0.0539. The van der Waals surface area contributed by atoms with Gasteiger partial charge in [0, 0.05) is 24.1 Å². The van der Waals surface area contributed by atoms with Gasteiger partial charge in [-0.2, -0.15) is 0 Å². The van der Waals surface area contributed by atoms with Gasteiger partial charge in [0.15, 0.2) is 0 Å². The number of fused-ring (bicyclic) bond motifs is 5. The van der Waals surface area contributed by atoms with Gasteiger partial charge < -0.3 is 15.3 Å². The fraction of sp³-hybridized carbons (Fsp3) is 0.160. The van der Waals surface area contributed by atoms with E-state index in [1.165, 1.54) is 6.07 Å². The van der Waals surface area contributed by atoms with Crippen molar-refractivity contribution in [3.05, 3.63) is 89.5 Å². The molecule has 0 bridgehead atoms. The van der Waals surface area contributed by atoms with Crippen LogP contribution in [0.15, 0.2) is 72.8 Å². The van der Waals surface area contributed by atoms with Gasteiger partial charge in [-0.25, -0.2) is 0 Å². The zero-order valence-corrected chi connectivity index (χ0v) is 17.2. The van der Waals surface area contributed by atoms with Crippen molar-refractivity contribution in [3.8, 4) is 5.75 Å². The van der Waals surface area contributed by atoms with Crippen LogP contribution in [0.4, 0.5) is 11.4 Å². The van der Waals surface area contributed by atoms with E-state index in [-0.39, 0.29) is 29.9 Å². The minimum absolute atomic E-state index is 0.000354. The summed E-state index contributed by atoms with van der Waals surface area (Å²) in [5, 5.41) is 12.5. The van der Waals surface area contributed by atoms with Crippen LogP contribution in [0.3, 0.4) is 0 Å². The number of amides is 3. The molecule has 0 radical (unpaired) electrons. The smallest absolute Gasteiger partial charge is 0.260 e. The van der Waals surface area contributed by atoms with Crippen molar-refractivity contribution in [2.24, 2.45) is 0 Å². The average molecular weight is 427 g/mol. The maximum absolute atomic E-state index is 13.3. The standard InChI is InChI=1S/C25H21N3O4/c29-21-13-6-4-11-19(21)26-22(30)14-7-15-27-23-16-8-1-2-9-17(16)25(32)28(23)20-12-5-3-10-18(20)24(27)31/h1-6,8-13,23,29H,7,14-15H2,(H,26,30)/t23-/m1/s1. The van der Waals surface area contributed by atoms with Crippen LogP contribution in [0.2, 0.25) is 0 Å². The monoisotopic (exact) mass is 427 g/mol. The van der Waals surface area contributed by atoms with E-state index in [0.29, 0.717) is 35.5 Å². The van der Waals surface area contributed by atoms with Crippen LogP contribution in [-0.2, 0) is 4.79 Å². The number of carbonyl (C=O) groups excluding carboxylic acids is 3. The first-order chi connectivity index (χ1) is 15.6. The summed E-state index contributed by atoms with van der Waals surface area (Å²) < 4.78 is 0. The van der Waals surface area contributed by atoms with E-state index in [2.05, 4.69) is 5.32 Å². The Balaban J connectivity index is 1.38. The van der Waals surface area contributed by atoms with Crippen molar-refractivity contribution in [2.75, 3.05) is 16.8 Å². The molecule has 2 heterocycles. The number of phenols is 1. The Morgan fingerprint density at radius 3 is 2.38 bits per heavy atom. The average Bonchev–Trinajstić information content (AvgIpc) is 3.10. The predicted molar refractivity (Wildman–Crippen MR) is 119 cm³/mol. The lowest BCUT2D eigenvalue weighted by Gasteiger charge is -2.41. The maximum atomic E-state index is 13.3. The molecule has 7 nitrogen and oxygen atoms in total. The van der Waals surface area contributed by atoms with E-state index >= 15 is 0 Å². The predicted octanol–water partition coefficient (Wildman–Crippen LogP) is 3.93. The van der Waals surface area contributed by atoms with E-state index in [9.17, 15) is 19.5 Å². The second kappa shape index (κ2) is 7.85. The zero-order chi connectivity index (χ0) is 22.2. The Morgan fingerprint density at radius 2 is 1.56 bits per heavy atom. The molecule has 1 atom stereocenters. The van der Waals surface area contributed by atoms with Crippen LogP contribution in [0.25, 0.3) is 0 Å². The summed E-state index contributed by atoms with van der Waals surface area (Å²) in [7, 11) is 0. The van der Waals surface area contributed by atoms with Crippen LogP contribution in [0.1, 0.15) is 45.3 Å². The quantitative estimate of drug-likeness (QED) is 0.604. The lowest BCUT2D eigenvalue weighted by Crippen LogP contribution is -2.48. The Kier molecular flexibility index (Phi) is 4.86. The first kappa shape index (κ1) is 19.8. The minimum atomic E-state index is -0.526. The Bertz CT molecular complexity index is 1240. The molecule has 0 spiro atoms. The van der Waals surface area contributed by atoms with E-state index in [1.807, 2.05) is 24.3 Å². The highest BCUT2D eigenvalue weighted by Gasteiger charge is 2.47. The largest absolute Gasteiger partial charge is 0.506 e. The van der Waals surface area contributed by atoms with Crippen molar-refractivity contribution in [1.29, 1.82) is 0 Å². The highest BCUT2D eigenvalue weighted by Crippen LogP contribution is 2.45. The number of hydrogen-bond acceptors (Lipinski definition) is 4. The van der Waals surface area contributed by atoms with Gasteiger partial charge in [0.05, 0.1) is 16.9 Å². The molecule has 2 aliphatic heterocycles. The second-order valence-corrected chi connectivity index (χ2v) is 7.82. The van der Waals surface area contributed by atoms with Gasteiger partial charge in [-0.15, -0.1) is 0 Å². The van der Waals surface area contributed by atoms with Crippen LogP contribution < -0.4 is 10.2 Å². The van der Waals surface area contributed by atoms with E-state index < -0.39 is 6.17 Å². The molecule has 5 rings (SSSR count).